The van der Waals surface area contributed by atoms with Crippen molar-refractivity contribution in [2.45, 2.75) is 57.2 Å². The normalized spacial score (nSPS) is 22.4. The molecule has 1 aromatic carbocycles. The molecule has 2 atom stereocenters. The Balaban J connectivity index is 1.59. The third-order valence-electron chi connectivity index (χ3n) is 5.01. The standard InChI is InChI=1S/C19H23N3O2/c1-2-9-22-18(12-7-8-12)15(11-20-22)19(24)21-17-14-6-4-3-5-13(14)10-16(17)23/h3-6,11-12,16-17,23H,2,7-10H2,1H3,(H,21,24). The summed E-state index contributed by atoms with van der Waals surface area (Å²) >= 11 is 0. The second-order valence-corrected chi connectivity index (χ2v) is 6.86. The molecule has 0 spiro atoms. The zero-order valence-corrected chi connectivity index (χ0v) is 13.9. The van der Waals surface area contributed by atoms with Crippen LogP contribution in [0.5, 0.6) is 0 Å². The van der Waals surface area contributed by atoms with Gasteiger partial charge in [0.05, 0.1) is 29.6 Å². The first-order valence-corrected chi connectivity index (χ1v) is 8.81. The van der Waals surface area contributed by atoms with Gasteiger partial charge in [0.15, 0.2) is 0 Å². The Morgan fingerprint density at radius 1 is 1.38 bits per heavy atom. The number of aliphatic hydroxyl groups excluding tert-OH is 1. The van der Waals surface area contributed by atoms with Crippen LogP contribution in [0.2, 0.25) is 0 Å². The molecular weight excluding hydrogens is 302 g/mol. The number of hydrogen-bond acceptors (Lipinski definition) is 3. The number of carbonyl (C=O) groups excluding carboxylic acids is 1. The van der Waals surface area contributed by atoms with Crippen molar-refractivity contribution in [1.29, 1.82) is 0 Å². The number of nitrogens with zero attached hydrogens (tertiary/aromatic N) is 2. The van der Waals surface area contributed by atoms with E-state index in [0.717, 1.165) is 42.6 Å². The first-order chi connectivity index (χ1) is 11.7. The highest BCUT2D eigenvalue weighted by Crippen LogP contribution is 2.42. The summed E-state index contributed by atoms with van der Waals surface area (Å²) in [6.45, 7) is 2.96. The maximum absolute atomic E-state index is 12.9. The van der Waals surface area contributed by atoms with Crippen molar-refractivity contribution in [3.63, 3.8) is 0 Å². The third-order valence-corrected chi connectivity index (χ3v) is 5.01. The lowest BCUT2D eigenvalue weighted by atomic mass is 10.1. The van der Waals surface area contributed by atoms with Gasteiger partial charge < -0.3 is 10.4 Å². The van der Waals surface area contributed by atoms with Crippen molar-refractivity contribution in [1.82, 2.24) is 15.1 Å². The largest absolute Gasteiger partial charge is 0.390 e. The molecule has 2 aliphatic carbocycles. The summed E-state index contributed by atoms with van der Waals surface area (Å²) in [6.07, 6.45) is 4.96. The molecule has 24 heavy (non-hydrogen) atoms. The highest BCUT2D eigenvalue weighted by Gasteiger charge is 2.35. The Kier molecular flexibility index (Phi) is 3.88. The Labute approximate surface area is 141 Å². The van der Waals surface area contributed by atoms with Crippen LogP contribution in [0.25, 0.3) is 0 Å². The molecule has 5 nitrogen and oxygen atoms in total. The van der Waals surface area contributed by atoms with Gasteiger partial charge in [-0.15, -0.1) is 0 Å². The van der Waals surface area contributed by atoms with E-state index in [1.165, 1.54) is 0 Å². The molecule has 5 heteroatoms. The van der Waals surface area contributed by atoms with Crippen LogP contribution in [0.15, 0.2) is 30.5 Å². The molecule has 1 fully saturated rings. The molecule has 0 saturated heterocycles. The molecule has 1 heterocycles. The van der Waals surface area contributed by atoms with Crippen LogP contribution in [0.4, 0.5) is 0 Å². The first-order valence-electron chi connectivity index (χ1n) is 8.81. The fraction of sp³-hybridized carbons (Fsp3) is 0.474. The predicted molar refractivity (Wildman–Crippen MR) is 90.9 cm³/mol. The number of aromatic nitrogens is 2. The Hall–Kier alpha value is -2.14. The van der Waals surface area contributed by atoms with Gasteiger partial charge in [0, 0.05) is 18.9 Å². The molecule has 4 rings (SSSR count). The van der Waals surface area contributed by atoms with Gasteiger partial charge in [-0.05, 0) is 30.4 Å². The summed E-state index contributed by atoms with van der Waals surface area (Å²) in [6, 6.07) is 7.58. The average Bonchev–Trinajstić information content (AvgIpc) is 3.25. The van der Waals surface area contributed by atoms with E-state index in [2.05, 4.69) is 17.3 Å². The lowest BCUT2D eigenvalue weighted by Gasteiger charge is -2.18. The Morgan fingerprint density at radius 2 is 2.17 bits per heavy atom. The summed E-state index contributed by atoms with van der Waals surface area (Å²) in [4.78, 5) is 12.9. The smallest absolute Gasteiger partial charge is 0.255 e. The molecule has 126 valence electrons. The molecule has 0 aliphatic heterocycles. The van der Waals surface area contributed by atoms with E-state index in [4.69, 9.17) is 0 Å². The van der Waals surface area contributed by atoms with Crippen LogP contribution in [-0.4, -0.2) is 26.9 Å². The third kappa shape index (κ3) is 2.63. The van der Waals surface area contributed by atoms with Gasteiger partial charge in [-0.2, -0.15) is 5.10 Å². The number of aryl methyl sites for hydroxylation is 1. The summed E-state index contributed by atoms with van der Waals surface area (Å²) in [5, 5.41) is 17.8. The van der Waals surface area contributed by atoms with E-state index < -0.39 is 6.10 Å². The number of benzene rings is 1. The van der Waals surface area contributed by atoms with Gasteiger partial charge in [0.1, 0.15) is 0 Å². The van der Waals surface area contributed by atoms with E-state index in [-0.39, 0.29) is 11.9 Å². The Morgan fingerprint density at radius 3 is 2.92 bits per heavy atom. The van der Waals surface area contributed by atoms with Gasteiger partial charge in [-0.25, -0.2) is 0 Å². The van der Waals surface area contributed by atoms with E-state index in [9.17, 15) is 9.90 Å². The maximum atomic E-state index is 12.9. The first kappa shape index (κ1) is 15.4. The second kappa shape index (κ2) is 6.06. The van der Waals surface area contributed by atoms with Gasteiger partial charge in [-0.1, -0.05) is 31.2 Å². The van der Waals surface area contributed by atoms with E-state index in [0.29, 0.717) is 17.9 Å². The number of amides is 1. The van der Waals surface area contributed by atoms with Crippen molar-refractivity contribution >= 4 is 5.91 Å². The highest BCUT2D eigenvalue weighted by atomic mass is 16.3. The number of aliphatic hydroxyl groups is 1. The lowest BCUT2D eigenvalue weighted by Crippen LogP contribution is -2.34. The van der Waals surface area contributed by atoms with Crippen molar-refractivity contribution < 1.29 is 9.90 Å². The van der Waals surface area contributed by atoms with Crippen LogP contribution < -0.4 is 5.32 Å². The summed E-state index contributed by atoms with van der Waals surface area (Å²) in [7, 11) is 0. The molecule has 1 aromatic heterocycles. The molecular formula is C19H23N3O2. The molecule has 0 radical (unpaired) electrons. The van der Waals surface area contributed by atoms with Gasteiger partial charge in [0.25, 0.3) is 5.91 Å². The molecule has 0 bridgehead atoms. The van der Waals surface area contributed by atoms with Gasteiger partial charge in [-0.3, -0.25) is 9.48 Å². The van der Waals surface area contributed by atoms with Crippen LogP contribution >= 0.6 is 0 Å². The van der Waals surface area contributed by atoms with Gasteiger partial charge >= 0.3 is 0 Å². The predicted octanol–water partition coefficient (Wildman–Crippen LogP) is 2.56. The highest BCUT2D eigenvalue weighted by molar-refractivity contribution is 5.95. The zero-order chi connectivity index (χ0) is 16.7. The van der Waals surface area contributed by atoms with E-state index in [1.54, 1.807) is 6.20 Å². The quantitative estimate of drug-likeness (QED) is 0.888. The van der Waals surface area contributed by atoms with Crippen LogP contribution in [-0.2, 0) is 13.0 Å². The molecule has 2 N–H and O–H groups in total. The van der Waals surface area contributed by atoms with Crippen LogP contribution in [0, 0.1) is 0 Å². The topological polar surface area (TPSA) is 67.2 Å². The summed E-state index contributed by atoms with van der Waals surface area (Å²) in [5.41, 5.74) is 3.87. The Bertz CT molecular complexity index is 764. The van der Waals surface area contributed by atoms with Crippen LogP contribution in [0.1, 0.15) is 65.3 Å². The van der Waals surface area contributed by atoms with Gasteiger partial charge in [0.2, 0.25) is 0 Å². The average molecular weight is 325 g/mol. The fourth-order valence-electron chi connectivity index (χ4n) is 3.71. The van der Waals surface area contributed by atoms with Crippen molar-refractivity contribution in [2.75, 3.05) is 0 Å². The molecule has 2 unspecified atom stereocenters. The second-order valence-electron chi connectivity index (χ2n) is 6.86. The number of nitrogens with one attached hydrogen (secondary N) is 1. The maximum Gasteiger partial charge on any atom is 0.255 e. The fourth-order valence-corrected chi connectivity index (χ4v) is 3.71. The van der Waals surface area contributed by atoms with Crippen molar-refractivity contribution in [3.05, 3.63) is 52.8 Å². The van der Waals surface area contributed by atoms with E-state index in [1.807, 2.05) is 28.9 Å². The summed E-state index contributed by atoms with van der Waals surface area (Å²) in [5.74, 6) is 0.334. The minimum Gasteiger partial charge on any atom is -0.390 e. The van der Waals surface area contributed by atoms with Crippen molar-refractivity contribution in [2.24, 2.45) is 0 Å². The van der Waals surface area contributed by atoms with E-state index >= 15 is 0 Å². The van der Waals surface area contributed by atoms with Crippen molar-refractivity contribution in [3.8, 4) is 0 Å². The minimum absolute atomic E-state index is 0.125. The monoisotopic (exact) mass is 325 g/mol. The molecule has 2 aromatic rings. The zero-order valence-electron chi connectivity index (χ0n) is 13.9. The molecule has 1 saturated carbocycles. The number of carbonyl (C=O) groups is 1. The SMILES string of the molecule is CCCn1ncc(C(=O)NC2c3ccccc3CC2O)c1C1CC1. The number of rotatable bonds is 5. The number of hydrogen-bond donors (Lipinski definition) is 2. The molecule has 1 amide bonds. The summed E-state index contributed by atoms with van der Waals surface area (Å²) < 4.78 is 1.98. The molecule has 2 aliphatic rings. The minimum atomic E-state index is -0.568. The van der Waals surface area contributed by atoms with Crippen LogP contribution in [0.3, 0.4) is 0 Å². The number of fused-ring (bicyclic) bond motifs is 1. The lowest BCUT2D eigenvalue weighted by molar-refractivity contribution is 0.0857.